The molecule has 10 nitrogen and oxygen atoms in total. The Bertz CT molecular complexity index is 1310. The van der Waals surface area contributed by atoms with Crippen molar-refractivity contribution >= 4 is 46.4 Å². The standard InChI is InChI=1S/C21H18Cl2N4O6/c1-11(2)19(25-20(29)12-3-5-15(23)16(7-12)27(31)32)21(30)33-10-14-8-18(28)26-9-13(22)4-6-17(26)24-14/h3-9,11,19H,10H2,1-2H3,(H,25,29)/t19-/m0/s1. The van der Waals surface area contributed by atoms with Crippen LogP contribution >= 0.6 is 23.2 Å². The molecule has 1 amide bonds. The Kier molecular flexibility index (Phi) is 7.29. The Hall–Kier alpha value is -3.50. The number of pyridine rings is 1. The first-order valence-corrected chi connectivity index (χ1v) is 10.4. The van der Waals surface area contributed by atoms with Gasteiger partial charge in [-0.25, -0.2) is 9.78 Å². The maximum Gasteiger partial charge on any atom is 0.329 e. The van der Waals surface area contributed by atoms with E-state index in [1.807, 2.05) is 0 Å². The lowest BCUT2D eigenvalue weighted by molar-refractivity contribution is -0.384. The van der Waals surface area contributed by atoms with E-state index in [1.165, 1.54) is 28.8 Å². The molecule has 1 atom stereocenters. The highest BCUT2D eigenvalue weighted by Gasteiger charge is 2.27. The van der Waals surface area contributed by atoms with Gasteiger partial charge < -0.3 is 10.1 Å². The number of nitrogens with zero attached hydrogens (tertiary/aromatic N) is 3. The molecule has 33 heavy (non-hydrogen) atoms. The van der Waals surface area contributed by atoms with Gasteiger partial charge in [0.1, 0.15) is 23.3 Å². The molecule has 0 unspecified atom stereocenters. The SMILES string of the molecule is CC(C)[C@H](NC(=O)c1ccc(Cl)c([N+](=O)[O-])c1)C(=O)OCc1cc(=O)n2cc(Cl)ccc2n1. The summed E-state index contributed by atoms with van der Waals surface area (Å²) in [5.41, 5.74) is -0.309. The molecule has 12 heteroatoms. The van der Waals surface area contributed by atoms with Crippen LogP contribution < -0.4 is 10.9 Å². The van der Waals surface area contributed by atoms with E-state index < -0.39 is 34.1 Å². The third-order valence-electron chi connectivity index (χ3n) is 4.65. The molecule has 0 aliphatic carbocycles. The van der Waals surface area contributed by atoms with Gasteiger partial charge in [-0.1, -0.05) is 37.0 Å². The van der Waals surface area contributed by atoms with Crippen molar-refractivity contribution in [2.75, 3.05) is 0 Å². The zero-order chi connectivity index (χ0) is 24.3. The zero-order valence-corrected chi connectivity index (χ0v) is 19.0. The van der Waals surface area contributed by atoms with Gasteiger partial charge in [0.05, 0.1) is 15.6 Å². The average Bonchev–Trinajstić information content (AvgIpc) is 2.76. The number of ether oxygens (including phenoxy) is 1. The number of nitro groups is 1. The number of fused-ring (bicyclic) bond motifs is 1. The number of halogens is 2. The van der Waals surface area contributed by atoms with Crippen molar-refractivity contribution in [1.29, 1.82) is 0 Å². The molecule has 2 heterocycles. The second kappa shape index (κ2) is 9.97. The maximum atomic E-state index is 12.7. The molecule has 1 N–H and O–H groups in total. The number of nitrogens with one attached hydrogen (secondary N) is 1. The van der Waals surface area contributed by atoms with E-state index in [0.717, 1.165) is 6.07 Å². The minimum absolute atomic E-state index is 0.0348. The van der Waals surface area contributed by atoms with Crippen molar-refractivity contribution in [3.05, 3.63) is 84.4 Å². The number of nitro benzene ring substituents is 1. The normalized spacial score (nSPS) is 11.9. The van der Waals surface area contributed by atoms with Crippen LogP contribution in [0.1, 0.15) is 29.9 Å². The van der Waals surface area contributed by atoms with Crippen LogP contribution in [0.5, 0.6) is 0 Å². The van der Waals surface area contributed by atoms with E-state index in [9.17, 15) is 24.5 Å². The van der Waals surface area contributed by atoms with Crippen molar-refractivity contribution in [1.82, 2.24) is 14.7 Å². The molecule has 172 valence electrons. The monoisotopic (exact) mass is 492 g/mol. The molecule has 0 fully saturated rings. The summed E-state index contributed by atoms with van der Waals surface area (Å²) >= 11 is 11.7. The lowest BCUT2D eigenvalue weighted by atomic mass is 10.0. The van der Waals surface area contributed by atoms with Crippen molar-refractivity contribution in [2.45, 2.75) is 26.5 Å². The first-order chi connectivity index (χ1) is 15.6. The van der Waals surface area contributed by atoms with Gasteiger partial charge in [-0.15, -0.1) is 0 Å². The van der Waals surface area contributed by atoms with Gasteiger partial charge in [0.25, 0.3) is 17.2 Å². The Morgan fingerprint density at radius 1 is 1.21 bits per heavy atom. The van der Waals surface area contributed by atoms with E-state index in [0.29, 0.717) is 10.7 Å². The predicted molar refractivity (Wildman–Crippen MR) is 120 cm³/mol. The number of aromatic nitrogens is 2. The number of amides is 1. The average molecular weight is 493 g/mol. The van der Waals surface area contributed by atoms with Crippen LogP contribution in [0.25, 0.3) is 5.65 Å². The number of rotatable bonds is 7. The third kappa shape index (κ3) is 5.65. The molecule has 2 aromatic heterocycles. The molecule has 0 bridgehead atoms. The van der Waals surface area contributed by atoms with Crippen LogP contribution in [0.15, 0.2) is 47.4 Å². The van der Waals surface area contributed by atoms with Crippen LogP contribution in [0.2, 0.25) is 10.0 Å². The summed E-state index contributed by atoms with van der Waals surface area (Å²) in [4.78, 5) is 52.1. The molecule has 0 saturated carbocycles. The molecule has 0 radical (unpaired) electrons. The first kappa shape index (κ1) is 24.1. The van der Waals surface area contributed by atoms with E-state index in [4.69, 9.17) is 27.9 Å². The quantitative estimate of drug-likeness (QED) is 0.303. The van der Waals surface area contributed by atoms with Gasteiger partial charge in [-0.3, -0.25) is 24.1 Å². The van der Waals surface area contributed by atoms with Gasteiger partial charge in [-0.2, -0.15) is 0 Å². The summed E-state index contributed by atoms with van der Waals surface area (Å²) in [5.74, 6) is -1.81. The minimum atomic E-state index is -1.05. The van der Waals surface area contributed by atoms with E-state index in [1.54, 1.807) is 26.0 Å². The second-order valence-electron chi connectivity index (χ2n) is 7.39. The van der Waals surface area contributed by atoms with Crippen LogP contribution in [0, 0.1) is 16.0 Å². The minimum Gasteiger partial charge on any atom is -0.458 e. The molecular formula is C21H18Cl2N4O6. The Balaban J connectivity index is 1.73. The molecule has 3 rings (SSSR count). The van der Waals surface area contributed by atoms with Gasteiger partial charge in [0, 0.05) is 23.9 Å². The first-order valence-electron chi connectivity index (χ1n) is 9.66. The molecule has 0 spiro atoms. The van der Waals surface area contributed by atoms with Gasteiger partial charge >= 0.3 is 5.97 Å². The lowest BCUT2D eigenvalue weighted by Crippen LogP contribution is -2.45. The molecule has 1 aromatic carbocycles. The highest BCUT2D eigenvalue weighted by molar-refractivity contribution is 6.32. The molecular weight excluding hydrogens is 475 g/mol. The van der Waals surface area contributed by atoms with E-state index in [2.05, 4.69) is 10.3 Å². The van der Waals surface area contributed by atoms with Gasteiger partial charge in [0.15, 0.2) is 0 Å². The van der Waals surface area contributed by atoms with Gasteiger partial charge in [-0.05, 0) is 30.2 Å². The molecule has 0 aliphatic heterocycles. The number of carbonyl (C=O) groups excluding carboxylic acids is 2. The number of hydrogen-bond acceptors (Lipinski definition) is 7. The summed E-state index contributed by atoms with van der Waals surface area (Å²) in [5, 5.41) is 13.8. The largest absolute Gasteiger partial charge is 0.458 e. The number of esters is 1. The number of benzene rings is 1. The molecule has 3 aromatic rings. The molecule has 0 aliphatic rings. The second-order valence-corrected chi connectivity index (χ2v) is 8.23. The predicted octanol–water partition coefficient (Wildman–Crippen LogP) is 3.41. The summed E-state index contributed by atoms with van der Waals surface area (Å²) in [7, 11) is 0. The Morgan fingerprint density at radius 2 is 1.94 bits per heavy atom. The highest BCUT2D eigenvalue weighted by Crippen LogP contribution is 2.25. The van der Waals surface area contributed by atoms with Crippen LogP contribution in [-0.4, -0.2) is 32.2 Å². The van der Waals surface area contributed by atoms with Crippen LogP contribution in [-0.2, 0) is 16.1 Å². The fourth-order valence-corrected chi connectivity index (χ4v) is 3.30. The summed E-state index contributed by atoms with van der Waals surface area (Å²) in [6.07, 6.45) is 1.42. The highest BCUT2D eigenvalue weighted by atomic mass is 35.5. The summed E-state index contributed by atoms with van der Waals surface area (Å²) in [6.45, 7) is 3.10. The molecule has 0 saturated heterocycles. The van der Waals surface area contributed by atoms with Crippen LogP contribution in [0.4, 0.5) is 5.69 Å². The smallest absolute Gasteiger partial charge is 0.329 e. The lowest BCUT2D eigenvalue weighted by Gasteiger charge is -2.21. The van der Waals surface area contributed by atoms with E-state index >= 15 is 0 Å². The summed E-state index contributed by atoms with van der Waals surface area (Å²) in [6, 6.07) is 6.86. The fraction of sp³-hybridized carbons (Fsp3) is 0.238. The van der Waals surface area contributed by atoms with Crippen molar-refractivity contribution in [3.63, 3.8) is 0 Å². The van der Waals surface area contributed by atoms with Crippen molar-refractivity contribution in [3.8, 4) is 0 Å². The van der Waals surface area contributed by atoms with Crippen molar-refractivity contribution in [2.24, 2.45) is 5.92 Å². The fourth-order valence-electron chi connectivity index (χ4n) is 2.95. The van der Waals surface area contributed by atoms with E-state index in [-0.39, 0.29) is 28.8 Å². The van der Waals surface area contributed by atoms with Crippen LogP contribution in [0.3, 0.4) is 0 Å². The topological polar surface area (TPSA) is 133 Å². The van der Waals surface area contributed by atoms with Crippen molar-refractivity contribution < 1.29 is 19.2 Å². The van der Waals surface area contributed by atoms with Gasteiger partial charge in [0.2, 0.25) is 0 Å². The Morgan fingerprint density at radius 3 is 2.61 bits per heavy atom. The zero-order valence-electron chi connectivity index (χ0n) is 17.5. The summed E-state index contributed by atoms with van der Waals surface area (Å²) < 4.78 is 6.54. The number of carbonyl (C=O) groups is 2. The Labute approximate surface area is 197 Å². The number of hydrogen-bond donors (Lipinski definition) is 1. The maximum absolute atomic E-state index is 12.7. The third-order valence-corrected chi connectivity index (χ3v) is 5.19.